The number of fused-ring (bicyclic) bond motifs is 7. The minimum atomic E-state index is -0.108. The Morgan fingerprint density at radius 2 is 0.873 bits per heavy atom. The quantitative estimate of drug-likeness (QED) is 0.156. The first-order valence-electron chi connectivity index (χ1n) is 21.9. The van der Waals surface area contributed by atoms with Crippen molar-refractivity contribution in [3.63, 3.8) is 0 Å². The molecule has 12 rings (SSSR count). The van der Waals surface area contributed by atoms with E-state index in [-0.39, 0.29) is 5.41 Å². The lowest BCUT2D eigenvalue weighted by Crippen LogP contribution is -2.16. The summed E-state index contributed by atoms with van der Waals surface area (Å²) in [6, 6.07) is 84.6. The van der Waals surface area contributed by atoms with Crippen LogP contribution in [0.3, 0.4) is 0 Å². The van der Waals surface area contributed by atoms with Gasteiger partial charge in [0, 0.05) is 38.9 Å². The van der Waals surface area contributed by atoms with Crippen LogP contribution in [0.25, 0.3) is 82.8 Å². The highest BCUT2D eigenvalue weighted by atomic mass is 15.1. The molecule has 0 spiro atoms. The van der Waals surface area contributed by atoms with Gasteiger partial charge in [-0.1, -0.05) is 166 Å². The van der Waals surface area contributed by atoms with Gasteiger partial charge < -0.3 is 9.47 Å². The van der Waals surface area contributed by atoms with Crippen molar-refractivity contribution in [3.05, 3.63) is 242 Å². The molecular weight excluding hydrogens is 761 g/mol. The van der Waals surface area contributed by atoms with Crippen molar-refractivity contribution in [1.29, 1.82) is 0 Å². The molecule has 0 saturated carbocycles. The first kappa shape index (κ1) is 36.9. The lowest BCUT2D eigenvalue weighted by molar-refractivity contribution is 0.660. The largest absolute Gasteiger partial charge is 0.310 e. The molecule has 0 fully saturated rings. The molecule has 10 aromatic carbocycles. The van der Waals surface area contributed by atoms with Crippen LogP contribution >= 0.6 is 0 Å². The van der Waals surface area contributed by atoms with E-state index in [0.29, 0.717) is 0 Å². The topological polar surface area (TPSA) is 8.17 Å². The molecule has 0 unspecified atom stereocenters. The molecule has 2 heteroatoms. The zero-order valence-corrected chi connectivity index (χ0v) is 35.3. The van der Waals surface area contributed by atoms with Gasteiger partial charge in [0.2, 0.25) is 0 Å². The number of nitrogens with zero attached hydrogens (tertiary/aromatic N) is 2. The van der Waals surface area contributed by atoms with Crippen LogP contribution in [0.2, 0.25) is 0 Å². The van der Waals surface area contributed by atoms with E-state index in [1.54, 1.807) is 0 Å². The van der Waals surface area contributed by atoms with E-state index >= 15 is 0 Å². The minimum absolute atomic E-state index is 0.108. The van der Waals surface area contributed by atoms with E-state index in [9.17, 15) is 0 Å². The van der Waals surface area contributed by atoms with Crippen LogP contribution in [0, 0.1) is 0 Å². The number of para-hydroxylation sites is 2. The van der Waals surface area contributed by atoms with E-state index in [1.807, 2.05) is 0 Å². The molecule has 0 bridgehead atoms. The molecule has 0 amide bonds. The van der Waals surface area contributed by atoms with E-state index in [4.69, 9.17) is 0 Å². The zero-order chi connectivity index (χ0) is 42.1. The molecule has 1 aliphatic rings. The van der Waals surface area contributed by atoms with Crippen LogP contribution in [0.1, 0.15) is 25.0 Å². The summed E-state index contributed by atoms with van der Waals surface area (Å²) in [5.74, 6) is 0. The van der Waals surface area contributed by atoms with Crippen LogP contribution in [-0.2, 0) is 5.41 Å². The zero-order valence-electron chi connectivity index (χ0n) is 35.3. The molecule has 0 atom stereocenters. The van der Waals surface area contributed by atoms with Crippen molar-refractivity contribution in [1.82, 2.24) is 4.57 Å². The maximum atomic E-state index is 2.42. The van der Waals surface area contributed by atoms with Gasteiger partial charge in [0.15, 0.2) is 0 Å². The van der Waals surface area contributed by atoms with Crippen LogP contribution in [0.5, 0.6) is 0 Å². The number of benzene rings is 10. The molecule has 1 aliphatic carbocycles. The lowest BCUT2D eigenvalue weighted by atomic mass is 9.82. The van der Waals surface area contributed by atoms with Crippen molar-refractivity contribution in [2.45, 2.75) is 19.3 Å². The predicted molar refractivity (Wildman–Crippen MR) is 267 cm³/mol. The van der Waals surface area contributed by atoms with E-state index < -0.39 is 0 Å². The van der Waals surface area contributed by atoms with Crippen molar-refractivity contribution in [3.8, 4) is 50.2 Å². The second-order valence-corrected chi connectivity index (χ2v) is 17.4. The number of anilines is 3. The van der Waals surface area contributed by atoms with Gasteiger partial charge in [-0.2, -0.15) is 0 Å². The van der Waals surface area contributed by atoms with Crippen LogP contribution in [0.15, 0.2) is 231 Å². The fourth-order valence-corrected chi connectivity index (χ4v) is 10.1. The predicted octanol–water partition coefficient (Wildman–Crippen LogP) is 16.7. The Labute approximate surface area is 368 Å². The van der Waals surface area contributed by atoms with Crippen molar-refractivity contribution in [2.24, 2.45) is 0 Å². The van der Waals surface area contributed by atoms with Crippen molar-refractivity contribution in [2.75, 3.05) is 4.90 Å². The Morgan fingerprint density at radius 1 is 0.333 bits per heavy atom. The Hall–Kier alpha value is -7.94. The summed E-state index contributed by atoms with van der Waals surface area (Å²) in [5, 5.41) is 4.95. The van der Waals surface area contributed by atoms with Gasteiger partial charge in [0.1, 0.15) is 0 Å². The molecule has 1 aromatic heterocycles. The summed E-state index contributed by atoms with van der Waals surface area (Å²) >= 11 is 0. The first-order valence-corrected chi connectivity index (χ1v) is 21.9. The first-order chi connectivity index (χ1) is 31.0. The highest BCUT2D eigenvalue weighted by Gasteiger charge is 2.35. The van der Waals surface area contributed by atoms with Gasteiger partial charge in [-0.05, 0) is 145 Å². The van der Waals surface area contributed by atoms with Crippen molar-refractivity contribution < 1.29 is 0 Å². The maximum absolute atomic E-state index is 2.42. The van der Waals surface area contributed by atoms with E-state index in [1.165, 1.54) is 93.9 Å². The fraction of sp³-hybridized carbons (Fsp3) is 0.0492. The average molecular weight is 805 g/mol. The number of rotatable bonds is 7. The normalized spacial score (nSPS) is 12.7. The Bertz CT molecular complexity index is 3520. The average Bonchev–Trinajstić information content (AvgIpc) is 3.80. The van der Waals surface area contributed by atoms with Gasteiger partial charge in [-0.25, -0.2) is 0 Å². The Morgan fingerprint density at radius 3 is 1.71 bits per heavy atom. The summed E-state index contributed by atoms with van der Waals surface area (Å²) in [5.41, 5.74) is 19.5. The van der Waals surface area contributed by atoms with Gasteiger partial charge in [0.25, 0.3) is 0 Å². The van der Waals surface area contributed by atoms with Crippen LogP contribution < -0.4 is 4.90 Å². The molecule has 0 aliphatic heterocycles. The van der Waals surface area contributed by atoms with Crippen LogP contribution in [0.4, 0.5) is 17.1 Å². The summed E-state index contributed by atoms with van der Waals surface area (Å²) in [7, 11) is 0. The van der Waals surface area contributed by atoms with Gasteiger partial charge >= 0.3 is 0 Å². The molecule has 0 saturated heterocycles. The second-order valence-electron chi connectivity index (χ2n) is 17.4. The van der Waals surface area contributed by atoms with Crippen molar-refractivity contribution >= 4 is 49.6 Å². The van der Waals surface area contributed by atoms with E-state index in [0.717, 1.165) is 17.1 Å². The van der Waals surface area contributed by atoms with Gasteiger partial charge in [-0.3, -0.25) is 0 Å². The smallest absolute Gasteiger partial charge is 0.0541 e. The third-order valence-corrected chi connectivity index (χ3v) is 13.4. The standard InChI is InChI=1S/C61H44N2/c1-61(2)57-22-11-9-20-53(57)54-34-33-52(40-58(54)61)62(51-32-28-46-37-45(24-25-47(46)38-51)41-14-5-3-6-15-41)50-30-26-42(27-31-50)43-16-13-17-44(36-43)48-29-35-60-56(39-48)55-21-10-12-23-59(55)63(60)49-18-7-4-8-19-49/h3-40H,1-2H3. The second kappa shape index (κ2) is 14.6. The Kier molecular flexibility index (Phi) is 8.55. The minimum Gasteiger partial charge on any atom is -0.310 e. The highest BCUT2D eigenvalue weighted by molar-refractivity contribution is 6.10. The molecule has 11 aromatic rings. The van der Waals surface area contributed by atoms with Gasteiger partial charge in [0.05, 0.1) is 11.0 Å². The SMILES string of the molecule is CC1(C)c2ccccc2-c2ccc(N(c3ccc(-c4cccc(-c5ccc6c(c5)c5ccccc5n6-c5ccccc5)c4)cc3)c3ccc4cc(-c5ccccc5)ccc4c3)cc21. The van der Waals surface area contributed by atoms with Gasteiger partial charge in [-0.15, -0.1) is 0 Å². The summed E-state index contributed by atoms with van der Waals surface area (Å²) in [4.78, 5) is 2.42. The van der Waals surface area contributed by atoms with E-state index in [2.05, 4.69) is 254 Å². The fourth-order valence-electron chi connectivity index (χ4n) is 10.1. The molecule has 1 heterocycles. The molecule has 2 nitrogen and oxygen atoms in total. The number of aromatic nitrogens is 1. The third-order valence-electron chi connectivity index (χ3n) is 13.4. The highest BCUT2D eigenvalue weighted by Crippen LogP contribution is 2.51. The molecule has 0 N–H and O–H groups in total. The summed E-state index contributed by atoms with van der Waals surface area (Å²) in [6.07, 6.45) is 0. The monoisotopic (exact) mass is 804 g/mol. The Balaban J connectivity index is 0.927. The lowest BCUT2D eigenvalue weighted by Gasteiger charge is -2.28. The molecule has 0 radical (unpaired) electrons. The maximum Gasteiger partial charge on any atom is 0.0541 e. The third kappa shape index (κ3) is 6.17. The summed E-state index contributed by atoms with van der Waals surface area (Å²) in [6.45, 7) is 4.71. The van der Waals surface area contributed by atoms with Crippen LogP contribution in [-0.4, -0.2) is 4.57 Å². The summed E-state index contributed by atoms with van der Waals surface area (Å²) < 4.78 is 2.37. The number of hydrogen-bond acceptors (Lipinski definition) is 1. The number of hydrogen-bond donors (Lipinski definition) is 0. The molecule has 298 valence electrons. The molecule has 63 heavy (non-hydrogen) atoms. The molecular formula is C61H44N2.